The standard InChI is InChI=1S/C11H16N2O/c14-9-10-4-6-13(7-10)8-11-3-1-2-5-12-11/h1-3,5,10,14H,4,6-9H2. The van der Waals surface area contributed by atoms with Gasteiger partial charge in [-0.15, -0.1) is 0 Å². The first kappa shape index (κ1) is 9.62. The maximum absolute atomic E-state index is 9.01. The number of likely N-dealkylation sites (tertiary alicyclic amines) is 1. The molecule has 0 amide bonds. The van der Waals surface area contributed by atoms with Crippen LogP contribution in [0.5, 0.6) is 0 Å². The molecule has 1 fully saturated rings. The van der Waals surface area contributed by atoms with E-state index in [0.29, 0.717) is 12.5 Å². The van der Waals surface area contributed by atoms with Crippen LogP contribution in [-0.4, -0.2) is 34.7 Å². The summed E-state index contributed by atoms with van der Waals surface area (Å²) in [5.41, 5.74) is 1.12. The molecule has 0 spiro atoms. The molecule has 14 heavy (non-hydrogen) atoms. The number of aliphatic hydroxyl groups is 1. The van der Waals surface area contributed by atoms with E-state index in [0.717, 1.165) is 31.7 Å². The summed E-state index contributed by atoms with van der Waals surface area (Å²) < 4.78 is 0. The first-order valence-electron chi connectivity index (χ1n) is 5.11. The second kappa shape index (κ2) is 4.53. The Bertz CT molecular complexity index is 276. The quantitative estimate of drug-likeness (QED) is 0.773. The topological polar surface area (TPSA) is 36.4 Å². The zero-order valence-corrected chi connectivity index (χ0v) is 8.26. The van der Waals surface area contributed by atoms with Crippen molar-refractivity contribution >= 4 is 0 Å². The smallest absolute Gasteiger partial charge is 0.0543 e. The largest absolute Gasteiger partial charge is 0.396 e. The Kier molecular flexibility index (Phi) is 3.11. The van der Waals surface area contributed by atoms with Crippen LogP contribution in [0.3, 0.4) is 0 Å². The molecule has 2 rings (SSSR count). The summed E-state index contributed by atoms with van der Waals surface area (Å²) in [5, 5.41) is 9.01. The summed E-state index contributed by atoms with van der Waals surface area (Å²) in [7, 11) is 0. The number of nitrogens with zero attached hydrogens (tertiary/aromatic N) is 2. The molecule has 0 radical (unpaired) electrons. The fraction of sp³-hybridized carbons (Fsp3) is 0.545. The van der Waals surface area contributed by atoms with E-state index < -0.39 is 0 Å². The number of hydrogen-bond acceptors (Lipinski definition) is 3. The normalized spacial score (nSPS) is 22.8. The Labute approximate surface area is 84.4 Å². The van der Waals surface area contributed by atoms with E-state index in [1.165, 1.54) is 0 Å². The van der Waals surface area contributed by atoms with E-state index in [9.17, 15) is 0 Å². The van der Waals surface area contributed by atoms with Gasteiger partial charge in [-0.1, -0.05) is 6.07 Å². The second-order valence-corrected chi connectivity index (χ2v) is 3.89. The number of aromatic nitrogens is 1. The third kappa shape index (κ3) is 2.30. The molecule has 76 valence electrons. The Morgan fingerprint density at radius 2 is 2.43 bits per heavy atom. The van der Waals surface area contributed by atoms with Crippen LogP contribution in [0.15, 0.2) is 24.4 Å². The van der Waals surface area contributed by atoms with Crippen molar-refractivity contribution < 1.29 is 5.11 Å². The molecule has 2 heterocycles. The van der Waals surface area contributed by atoms with Gasteiger partial charge in [0.1, 0.15) is 0 Å². The van der Waals surface area contributed by atoms with Crippen LogP contribution in [0.4, 0.5) is 0 Å². The molecule has 0 aromatic carbocycles. The van der Waals surface area contributed by atoms with Gasteiger partial charge >= 0.3 is 0 Å². The highest BCUT2D eigenvalue weighted by atomic mass is 16.3. The molecule has 1 N–H and O–H groups in total. The van der Waals surface area contributed by atoms with E-state index in [4.69, 9.17) is 5.11 Å². The van der Waals surface area contributed by atoms with Gasteiger partial charge in [0.15, 0.2) is 0 Å². The Balaban J connectivity index is 1.88. The lowest BCUT2D eigenvalue weighted by Gasteiger charge is -2.14. The van der Waals surface area contributed by atoms with Gasteiger partial charge < -0.3 is 5.11 Å². The van der Waals surface area contributed by atoms with Crippen molar-refractivity contribution in [2.45, 2.75) is 13.0 Å². The molecule has 1 atom stereocenters. The first-order chi connectivity index (χ1) is 6.88. The van der Waals surface area contributed by atoms with Crippen LogP contribution < -0.4 is 0 Å². The molecular weight excluding hydrogens is 176 g/mol. The van der Waals surface area contributed by atoms with Crippen LogP contribution in [0.25, 0.3) is 0 Å². The molecule has 3 nitrogen and oxygen atoms in total. The Morgan fingerprint density at radius 1 is 1.50 bits per heavy atom. The molecule has 1 aliphatic heterocycles. The summed E-state index contributed by atoms with van der Waals surface area (Å²) in [6.45, 7) is 3.32. The van der Waals surface area contributed by atoms with E-state index in [1.54, 1.807) is 0 Å². The monoisotopic (exact) mass is 192 g/mol. The SMILES string of the molecule is OCC1CCN(Cc2ccccn2)C1. The van der Waals surface area contributed by atoms with Crippen molar-refractivity contribution in [3.8, 4) is 0 Å². The average molecular weight is 192 g/mol. The molecule has 1 aliphatic rings. The second-order valence-electron chi connectivity index (χ2n) is 3.89. The number of rotatable bonds is 3. The van der Waals surface area contributed by atoms with Crippen LogP contribution in [0.1, 0.15) is 12.1 Å². The lowest BCUT2D eigenvalue weighted by molar-refractivity contribution is 0.219. The Morgan fingerprint density at radius 3 is 3.07 bits per heavy atom. The van der Waals surface area contributed by atoms with Gasteiger partial charge in [0.25, 0.3) is 0 Å². The maximum atomic E-state index is 9.01. The molecular formula is C11H16N2O. The summed E-state index contributed by atoms with van der Waals surface area (Å²) in [4.78, 5) is 6.64. The molecule has 1 aromatic heterocycles. The number of aliphatic hydroxyl groups excluding tert-OH is 1. The van der Waals surface area contributed by atoms with Gasteiger partial charge in [0.2, 0.25) is 0 Å². The van der Waals surface area contributed by atoms with Crippen LogP contribution in [0.2, 0.25) is 0 Å². The third-order valence-electron chi connectivity index (χ3n) is 2.74. The predicted molar refractivity (Wildman–Crippen MR) is 54.7 cm³/mol. The molecule has 0 aliphatic carbocycles. The minimum Gasteiger partial charge on any atom is -0.396 e. The minimum atomic E-state index is 0.318. The van der Waals surface area contributed by atoms with Gasteiger partial charge in [-0.2, -0.15) is 0 Å². The molecule has 1 aromatic rings. The number of hydrogen-bond donors (Lipinski definition) is 1. The van der Waals surface area contributed by atoms with Crippen molar-refractivity contribution in [1.82, 2.24) is 9.88 Å². The number of pyridine rings is 1. The zero-order chi connectivity index (χ0) is 9.80. The fourth-order valence-corrected chi connectivity index (χ4v) is 1.93. The van der Waals surface area contributed by atoms with E-state index in [1.807, 2.05) is 24.4 Å². The van der Waals surface area contributed by atoms with Crippen molar-refractivity contribution in [3.63, 3.8) is 0 Å². The fourth-order valence-electron chi connectivity index (χ4n) is 1.93. The van der Waals surface area contributed by atoms with E-state index >= 15 is 0 Å². The molecule has 0 saturated carbocycles. The van der Waals surface area contributed by atoms with Crippen LogP contribution in [-0.2, 0) is 6.54 Å². The maximum Gasteiger partial charge on any atom is 0.0543 e. The molecule has 0 bridgehead atoms. The van der Waals surface area contributed by atoms with Crippen LogP contribution >= 0.6 is 0 Å². The summed E-state index contributed by atoms with van der Waals surface area (Å²) in [6.07, 6.45) is 2.94. The Hall–Kier alpha value is -0.930. The van der Waals surface area contributed by atoms with Crippen molar-refractivity contribution in [2.75, 3.05) is 19.7 Å². The summed E-state index contributed by atoms with van der Waals surface area (Å²) in [5.74, 6) is 0.471. The summed E-state index contributed by atoms with van der Waals surface area (Å²) in [6, 6.07) is 6.00. The molecule has 3 heteroatoms. The van der Waals surface area contributed by atoms with Crippen molar-refractivity contribution in [2.24, 2.45) is 5.92 Å². The van der Waals surface area contributed by atoms with Gasteiger partial charge in [-0.3, -0.25) is 9.88 Å². The lowest BCUT2D eigenvalue weighted by Crippen LogP contribution is -2.21. The highest BCUT2D eigenvalue weighted by molar-refractivity contribution is 5.03. The lowest BCUT2D eigenvalue weighted by atomic mass is 10.1. The molecule has 1 unspecified atom stereocenters. The van der Waals surface area contributed by atoms with Crippen molar-refractivity contribution in [1.29, 1.82) is 0 Å². The van der Waals surface area contributed by atoms with E-state index in [-0.39, 0.29) is 0 Å². The molecule has 1 saturated heterocycles. The van der Waals surface area contributed by atoms with Gasteiger partial charge in [0.05, 0.1) is 5.69 Å². The zero-order valence-electron chi connectivity index (χ0n) is 8.26. The van der Waals surface area contributed by atoms with E-state index in [2.05, 4.69) is 9.88 Å². The summed E-state index contributed by atoms with van der Waals surface area (Å²) >= 11 is 0. The minimum absolute atomic E-state index is 0.318. The highest BCUT2D eigenvalue weighted by Crippen LogP contribution is 2.16. The van der Waals surface area contributed by atoms with Crippen LogP contribution in [0, 0.1) is 5.92 Å². The average Bonchev–Trinajstić information content (AvgIpc) is 2.67. The van der Waals surface area contributed by atoms with Gasteiger partial charge in [-0.05, 0) is 31.0 Å². The van der Waals surface area contributed by atoms with Gasteiger partial charge in [-0.25, -0.2) is 0 Å². The first-order valence-corrected chi connectivity index (χ1v) is 5.11. The van der Waals surface area contributed by atoms with Crippen molar-refractivity contribution in [3.05, 3.63) is 30.1 Å². The predicted octanol–water partition coefficient (Wildman–Crippen LogP) is 0.896. The third-order valence-corrected chi connectivity index (χ3v) is 2.74. The highest BCUT2D eigenvalue weighted by Gasteiger charge is 2.21. The van der Waals surface area contributed by atoms with Gasteiger partial charge in [0, 0.05) is 25.9 Å².